The molecule has 156 valence electrons. The molecule has 29 heavy (non-hydrogen) atoms. The van der Waals surface area contributed by atoms with Crippen molar-refractivity contribution in [1.29, 1.82) is 0 Å². The minimum absolute atomic E-state index is 0.151. The van der Waals surface area contributed by atoms with Gasteiger partial charge in [0.15, 0.2) is 6.54 Å². The lowest BCUT2D eigenvalue weighted by Crippen LogP contribution is -3.09. The van der Waals surface area contributed by atoms with Gasteiger partial charge in [0.2, 0.25) is 0 Å². The van der Waals surface area contributed by atoms with Crippen molar-refractivity contribution in [1.82, 2.24) is 4.90 Å². The highest BCUT2D eigenvalue weighted by atomic mass is 19.1. The number of piperazine rings is 1. The van der Waals surface area contributed by atoms with E-state index in [0.717, 1.165) is 6.54 Å². The Hall–Kier alpha value is -2.40. The number of nitrogens with zero attached hydrogens (tertiary/aromatic N) is 2. The number of nitrogens with one attached hydrogen (secondary N) is 1. The molecule has 1 unspecified atom stereocenters. The van der Waals surface area contributed by atoms with Crippen LogP contribution in [0.1, 0.15) is 31.9 Å². The lowest BCUT2D eigenvalue weighted by Gasteiger charge is -2.36. The highest BCUT2D eigenvalue weighted by Gasteiger charge is 2.24. The van der Waals surface area contributed by atoms with Gasteiger partial charge in [-0.1, -0.05) is 57.2 Å². The van der Waals surface area contributed by atoms with Crippen molar-refractivity contribution in [3.8, 4) is 0 Å². The van der Waals surface area contributed by atoms with Gasteiger partial charge < -0.3 is 14.7 Å². The third-order valence-electron chi connectivity index (χ3n) is 5.60. The average Bonchev–Trinajstić information content (AvgIpc) is 2.68. The van der Waals surface area contributed by atoms with Gasteiger partial charge in [0.1, 0.15) is 12.4 Å². The quantitative estimate of drug-likeness (QED) is 0.838. The molecule has 0 saturated carbocycles. The Morgan fingerprint density at radius 1 is 1.00 bits per heavy atom. The van der Waals surface area contributed by atoms with Gasteiger partial charge in [-0.05, 0) is 23.1 Å². The van der Waals surface area contributed by atoms with Crippen molar-refractivity contribution in [2.45, 2.75) is 32.7 Å². The first-order chi connectivity index (χ1) is 13.7. The van der Waals surface area contributed by atoms with E-state index in [1.807, 2.05) is 15.9 Å². The second-order valence-electron chi connectivity index (χ2n) is 9.08. The first-order valence-corrected chi connectivity index (χ1v) is 10.4. The van der Waals surface area contributed by atoms with Crippen LogP contribution in [0.4, 0.5) is 10.1 Å². The summed E-state index contributed by atoms with van der Waals surface area (Å²) in [5, 5.41) is 0. The maximum absolute atomic E-state index is 14.0. The topological polar surface area (TPSA) is 28.0 Å². The maximum atomic E-state index is 14.0. The molecule has 1 N–H and O–H groups in total. The Kier molecular flexibility index (Phi) is 6.58. The minimum atomic E-state index is -0.200. The second-order valence-corrected chi connectivity index (χ2v) is 9.08. The molecule has 0 spiro atoms. The van der Waals surface area contributed by atoms with E-state index in [9.17, 15) is 9.18 Å². The standard InChI is InChI=1S/C24H32FN3O/c1-24(2,3)20-11-9-19(10-12-20)17-26(4)18-23(29)28-15-13-27(14-16-28)22-8-6-5-7-21(22)25/h5-12H,13-18H2,1-4H3/p+1. The van der Waals surface area contributed by atoms with Crippen LogP contribution in [-0.4, -0.2) is 50.6 Å². The summed E-state index contributed by atoms with van der Waals surface area (Å²) >= 11 is 0. The number of likely N-dealkylation sites (N-methyl/N-ethyl adjacent to an activating group) is 1. The number of benzene rings is 2. The molecule has 0 aliphatic carbocycles. The van der Waals surface area contributed by atoms with Crippen molar-refractivity contribution in [2.75, 3.05) is 44.7 Å². The first-order valence-electron chi connectivity index (χ1n) is 10.4. The smallest absolute Gasteiger partial charge is 0.277 e. The predicted molar refractivity (Wildman–Crippen MR) is 116 cm³/mol. The number of anilines is 1. The molecule has 1 fully saturated rings. The normalized spacial score (nSPS) is 16.0. The molecule has 1 aliphatic rings. The van der Waals surface area contributed by atoms with Gasteiger partial charge in [0.05, 0.1) is 12.7 Å². The molecule has 0 aromatic heterocycles. The fraction of sp³-hybridized carbons (Fsp3) is 0.458. The number of para-hydroxylation sites is 1. The third kappa shape index (κ3) is 5.57. The monoisotopic (exact) mass is 398 g/mol. The predicted octanol–water partition coefficient (Wildman–Crippen LogP) is 2.49. The molecule has 1 amide bonds. The van der Waals surface area contributed by atoms with Crippen LogP contribution in [-0.2, 0) is 16.8 Å². The Morgan fingerprint density at radius 3 is 2.21 bits per heavy atom. The van der Waals surface area contributed by atoms with Crippen molar-refractivity contribution in [2.24, 2.45) is 0 Å². The summed E-state index contributed by atoms with van der Waals surface area (Å²) in [4.78, 5) is 17.8. The number of hydrogen-bond donors (Lipinski definition) is 1. The molecule has 3 rings (SSSR count). The number of amides is 1. The number of rotatable bonds is 5. The molecular formula is C24H33FN3O+. The highest BCUT2D eigenvalue weighted by molar-refractivity contribution is 5.77. The van der Waals surface area contributed by atoms with E-state index < -0.39 is 0 Å². The fourth-order valence-corrected chi connectivity index (χ4v) is 3.81. The summed E-state index contributed by atoms with van der Waals surface area (Å²) < 4.78 is 14.0. The Bertz CT molecular complexity index is 821. The fourth-order valence-electron chi connectivity index (χ4n) is 3.81. The number of hydrogen-bond acceptors (Lipinski definition) is 2. The number of halogens is 1. The molecule has 0 bridgehead atoms. The summed E-state index contributed by atoms with van der Waals surface area (Å²) in [6, 6.07) is 15.5. The van der Waals surface area contributed by atoms with E-state index in [2.05, 4.69) is 52.1 Å². The summed E-state index contributed by atoms with van der Waals surface area (Å²) in [7, 11) is 2.06. The Morgan fingerprint density at radius 2 is 1.62 bits per heavy atom. The van der Waals surface area contributed by atoms with Gasteiger partial charge in [-0.15, -0.1) is 0 Å². The zero-order valence-electron chi connectivity index (χ0n) is 18.0. The molecule has 1 saturated heterocycles. The van der Waals surface area contributed by atoms with Gasteiger partial charge in [0, 0.05) is 31.7 Å². The first kappa shape index (κ1) is 21.3. The maximum Gasteiger partial charge on any atom is 0.277 e. The van der Waals surface area contributed by atoms with Crippen LogP contribution in [0.5, 0.6) is 0 Å². The molecule has 4 nitrogen and oxygen atoms in total. The largest absolute Gasteiger partial charge is 0.366 e. The number of carbonyl (C=O) groups excluding carboxylic acids is 1. The van der Waals surface area contributed by atoms with Crippen molar-refractivity contribution >= 4 is 11.6 Å². The number of quaternary nitrogens is 1. The lowest BCUT2D eigenvalue weighted by atomic mass is 9.87. The highest BCUT2D eigenvalue weighted by Crippen LogP contribution is 2.22. The SMILES string of the molecule is C[NH+](CC(=O)N1CCN(c2ccccc2F)CC1)Cc1ccc(C(C)(C)C)cc1. The average molecular weight is 399 g/mol. The molecule has 1 atom stereocenters. The molecule has 0 radical (unpaired) electrons. The number of carbonyl (C=O) groups is 1. The van der Waals surface area contributed by atoms with Crippen LogP contribution < -0.4 is 9.80 Å². The van der Waals surface area contributed by atoms with Gasteiger partial charge in [-0.3, -0.25) is 4.79 Å². The molecule has 2 aromatic carbocycles. The zero-order chi connectivity index (χ0) is 21.0. The summed E-state index contributed by atoms with van der Waals surface area (Å²) in [5.41, 5.74) is 3.34. The van der Waals surface area contributed by atoms with Crippen LogP contribution >= 0.6 is 0 Å². The summed E-state index contributed by atoms with van der Waals surface area (Å²) in [6.45, 7) is 10.5. The summed E-state index contributed by atoms with van der Waals surface area (Å²) in [5.74, 6) is -0.0315. The van der Waals surface area contributed by atoms with Gasteiger partial charge in [-0.2, -0.15) is 0 Å². The molecular weight excluding hydrogens is 365 g/mol. The third-order valence-corrected chi connectivity index (χ3v) is 5.60. The lowest BCUT2D eigenvalue weighted by molar-refractivity contribution is -0.885. The van der Waals surface area contributed by atoms with Crippen LogP contribution in [0.15, 0.2) is 48.5 Å². The van der Waals surface area contributed by atoms with E-state index in [1.165, 1.54) is 22.1 Å². The minimum Gasteiger partial charge on any atom is -0.366 e. The van der Waals surface area contributed by atoms with E-state index in [1.54, 1.807) is 12.1 Å². The van der Waals surface area contributed by atoms with Crippen LogP contribution in [0.25, 0.3) is 0 Å². The van der Waals surface area contributed by atoms with E-state index in [0.29, 0.717) is 38.4 Å². The van der Waals surface area contributed by atoms with Gasteiger partial charge >= 0.3 is 0 Å². The summed E-state index contributed by atoms with van der Waals surface area (Å²) in [6.07, 6.45) is 0. The van der Waals surface area contributed by atoms with Crippen LogP contribution in [0.2, 0.25) is 0 Å². The van der Waals surface area contributed by atoms with E-state index in [-0.39, 0.29) is 17.1 Å². The van der Waals surface area contributed by atoms with Crippen LogP contribution in [0.3, 0.4) is 0 Å². The van der Waals surface area contributed by atoms with E-state index in [4.69, 9.17) is 0 Å². The second kappa shape index (κ2) is 8.95. The zero-order valence-corrected chi connectivity index (χ0v) is 18.0. The molecule has 1 heterocycles. The van der Waals surface area contributed by atoms with E-state index >= 15 is 0 Å². The van der Waals surface area contributed by atoms with Crippen molar-refractivity contribution in [3.05, 3.63) is 65.5 Å². The molecule has 1 aliphatic heterocycles. The van der Waals surface area contributed by atoms with Gasteiger partial charge in [-0.25, -0.2) is 4.39 Å². The van der Waals surface area contributed by atoms with Crippen LogP contribution in [0, 0.1) is 5.82 Å². The van der Waals surface area contributed by atoms with Crippen molar-refractivity contribution in [3.63, 3.8) is 0 Å². The molecule has 2 aromatic rings. The Balaban J connectivity index is 1.48. The van der Waals surface area contributed by atoms with Crippen molar-refractivity contribution < 1.29 is 14.1 Å². The van der Waals surface area contributed by atoms with Gasteiger partial charge in [0.25, 0.3) is 5.91 Å². The molecule has 5 heteroatoms. The Labute approximate surface area is 173 Å².